The van der Waals surface area contributed by atoms with Crippen molar-refractivity contribution in [3.8, 4) is 0 Å². The molecule has 1 aliphatic rings. The number of piperazine rings is 1. The monoisotopic (exact) mass is 373 g/mol. The highest BCUT2D eigenvalue weighted by molar-refractivity contribution is 7.20. The fourth-order valence-corrected chi connectivity index (χ4v) is 4.30. The van der Waals surface area contributed by atoms with Crippen LogP contribution in [0.5, 0.6) is 0 Å². The van der Waals surface area contributed by atoms with Crippen LogP contribution in [0.2, 0.25) is 0 Å². The summed E-state index contributed by atoms with van der Waals surface area (Å²) in [5, 5.41) is 1.19. The van der Waals surface area contributed by atoms with Crippen LogP contribution < -0.4 is 0 Å². The first kappa shape index (κ1) is 19.3. The summed E-state index contributed by atoms with van der Waals surface area (Å²) in [6.07, 6.45) is 0. The summed E-state index contributed by atoms with van der Waals surface area (Å²) in [4.78, 5) is 20.5. The summed E-state index contributed by atoms with van der Waals surface area (Å²) in [6.45, 7) is 12.4. The normalized spacial score (nSPS) is 16.6. The quantitative estimate of drug-likeness (QED) is 0.820. The van der Waals surface area contributed by atoms with E-state index < -0.39 is 0 Å². The van der Waals surface area contributed by atoms with Gasteiger partial charge in [0.1, 0.15) is 0 Å². The summed E-state index contributed by atoms with van der Waals surface area (Å²) in [5.41, 5.74) is 1.44. The van der Waals surface area contributed by atoms with Crippen LogP contribution in [-0.2, 0) is 5.41 Å². The molecule has 1 aromatic carbocycles. The number of likely N-dealkylation sites (N-methyl/N-ethyl adjacent to an activating group) is 1. The van der Waals surface area contributed by atoms with E-state index in [9.17, 15) is 4.79 Å². The third kappa shape index (κ3) is 4.45. The van der Waals surface area contributed by atoms with Crippen molar-refractivity contribution >= 4 is 27.3 Å². The van der Waals surface area contributed by atoms with Crippen molar-refractivity contribution in [3.05, 3.63) is 34.7 Å². The lowest BCUT2D eigenvalue weighted by Crippen LogP contribution is -2.49. The average Bonchev–Trinajstić information content (AvgIpc) is 3.02. The predicted molar refractivity (Wildman–Crippen MR) is 111 cm³/mol. The van der Waals surface area contributed by atoms with Gasteiger partial charge in [-0.2, -0.15) is 0 Å². The van der Waals surface area contributed by atoms with Gasteiger partial charge in [-0.05, 0) is 48.7 Å². The number of amides is 1. The van der Waals surface area contributed by atoms with Crippen molar-refractivity contribution in [3.63, 3.8) is 0 Å². The Kier molecular flexibility index (Phi) is 5.70. The van der Waals surface area contributed by atoms with E-state index in [2.05, 4.69) is 68.9 Å². The maximum absolute atomic E-state index is 12.9. The van der Waals surface area contributed by atoms with Crippen molar-refractivity contribution in [1.82, 2.24) is 14.7 Å². The maximum Gasteiger partial charge on any atom is 0.264 e. The number of thiophene rings is 1. The van der Waals surface area contributed by atoms with E-state index in [0.29, 0.717) is 0 Å². The van der Waals surface area contributed by atoms with E-state index in [4.69, 9.17) is 0 Å². The lowest BCUT2D eigenvalue weighted by Gasteiger charge is -2.35. The van der Waals surface area contributed by atoms with Crippen molar-refractivity contribution in [1.29, 1.82) is 0 Å². The molecule has 0 bridgehead atoms. The molecular weight excluding hydrogens is 342 g/mol. The average molecular weight is 374 g/mol. The molecule has 0 unspecified atom stereocenters. The number of fused-ring (bicyclic) bond motifs is 1. The highest BCUT2D eigenvalue weighted by Gasteiger charge is 2.23. The summed E-state index contributed by atoms with van der Waals surface area (Å²) in [5.74, 6) is 0.191. The Morgan fingerprint density at radius 3 is 2.42 bits per heavy atom. The summed E-state index contributed by atoms with van der Waals surface area (Å²) >= 11 is 1.62. The molecule has 26 heavy (non-hydrogen) atoms. The number of carbonyl (C=O) groups is 1. The van der Waals surface area contributed by atoms with Crippen molar-refractivity contribution < 1.29 is 4.79 Å². The first-order valence-electron chi connectivity index (χ1n) is 9.44. The van der Waals surface area contributed by atoms with Gasteiger partial charge in [-0.1, -0.05) is 26.8 Å². The molecule has 0 spiro atoms. The Bertz CT molecular complexity index is 767. The highest BCUT2D eigenvalue weighted by atomic mass is 32.1. The summed E-state index contributed by atoms with van der Waals surface area (Å²) in [6, 6.07) is 8.67. The van der Waals surface area contributed by atoms with Crippen LogP contribution in [0.25, 0.3) is 10.1 Å². The number of rotatable bonds is 4. The lowest BCUT2D eigenvalue weighted by atomic mass is 9.87. The second-order valence-electron chi connectivity index (χ2n) is 8.55. The molecule has 0 atom stereocenters. The molecule has 2 heterocycles. The smallest absolute Gasteiger partial charge is 0.264 e. The van der Waals surface area contributed by atoms with Crippen LogP contribution >= 0.6 is 11.3 Å². The van der Waals surface area contributed by atoms with Gasteiger partial charge in [0, 0.05) is 44.0 Å². The standard InChI is InChI=1S/C21H31N3OS/c1-21(2,3)17-6-7-18-16(14-17)15-19(26-18)20(25)24-12-10-23(11-13-24)9-8-22(4)5/h6-7,14-15H,8-13H2,1-5H3. The molecule has 1 fully saturated rings. The van der Waals surface area contributed by atoms with E-state index in [-0.39, 0.29) is 11.3 Å². The van der Waals surface area contributed by atoms with E-state index in [1.165, 1.54) is 15.6 Å². The van der Waals surface area contributed by atoms with Crippen LogP contribution in [0.3, 0.4) is 0 Å². The minimum absolute atomic E-state index is 0.128. The molecule has 1 amide bonds. The van der Waals surface area contributed by atoms with Crippen LogP contribution in [0, 0.1) is 0 Å². The van der Waals surface area contributed by atoms with Crippen LogP contribution in [0.15, 0.2) is 24.3 Å². The summed E-state index contributed by atoms with van der Waals surface area (Å²) < 4.78 is 1.20. The van der Waals surface area contributed by atoms with Crippen molar-refractivity contribution in [2.24, 2.45) is 0 Å². The van der Waals surface area contributed by atoms with Crippen LogP contribution in [-0.4, -0.2) is 74.0 Å². The van der Waals surface area contributed by atoms with Crippen molar-refractivity contribution in [2.45, 2.75) is 26.2 Å². The second kappa shape index (κ2) is 7.67. The van der Waals surface area contributed by atoms with Gasteiger partial charge in [-0.15, -0.1) is 11.3 Å². The van der Waals surface area contributed by atoms with E-state index >= 15 is 0 Å². The molecule has 1 aliphatic heterocycles. The summed E-state index contributed by atoms with van der Waals surface area (Å²) in [7, 11) is 4.21. The third-order valence-corrected chi connectivity index (χ3v) is 6.22. The van der Waals surface area contributed by atoms with E-state index in [1.807, 2.05) is 4.90 Å². The Labute approximate surface area is 161 Å². The largest absolute Gasteiger partial charge is 0.335 e. The van der Waals surface area contributed by atoms with E-state index in [1.54, 1.807) is 11.3 Å². The molecule has 142 valence electrons. The molecule has 5 heteroatoms. The lowest BCUT2D eigenvalue weighted by molar-refractivity contribution is 0.0634. The molecule has 4 nitrogen and oxygen atoms in total. The van der Waals surface area contributed by atoms with Gasteiger partial charge in [0.25, 0.3) is 5.91 Å². The molecule has 1 saturated heterocycles. The topological polar surface area (TPSA) is 26.8 Å². The van der Waals surface area contributed by atoms with Crippen molar-refractivity contribution in [2.75, 3.05) is 53.4 Å². The first-order chi connectivity index (χ1) is 12.2. The predicted octanol–water partition coefficient (Wildman–Crippen LogP) is 3.52. The Morgan fingerprint density at radius 2 is 1.81 bits per heavy atom. The molecule has 0 saturated carbocycles. The minimum Gasteiger partial charge on any atom is -0.335 e. The van der Waals surface area contributed by atoms with Gasteiger partial charge in [0.15, 0.2) is 0 Å². The minimum atomic E-state index is 0.128. The van der Waals surface area contributed by atoms with Crippen LogP contribution in [0.1, 0.15) is 36.0 Å². The fraction of sp³-hybridized carbons (Fsp3) is 0.571. The maximum atomic E-state index is 12.9. The van der Waals surface area contributed by atoms with Gasteiger partial charge in [0.2, 0.25) is 0 Å². The fourth-order valence-electron chi connectivity index (χ4n) is 3.29. The Morgan fingerprint density at radius 1 is 1.12 bits per heavy atom. The number of hydrogen-bond acceptors (Lipinski definition) is 4. The molecular formula is C21H31N3OS. The zero-order valence-corrected chi connectivity index (χ0v) is 17.5. The zero-order valence-electron chi connectivity index (χ0n) is 16.7. The highest BCUT2D eigenvalue weighted by Crippen LogP contribution is 2.31. The molecule has 1 aromatic heterocycles. The van der Waals surface area contributed by atoms with Gasteiger partial charge in [-0.3, -0.25) is 9.69 Å². The van der Waals surface area contributed by atoms with E-state index in [0.717, 1.165) is 44.1 Å². The zero-order chi connectivity index (χ0) is 18.9. The number of carbonyl (C=O) groups excluding carboxylic acids is 1. The van der Waals surface area contributed by atoms with Gasteiger partial charge in [-0.25, -0.2) is 0 Å². The Balaban J connectivity index is 1.67. The molecule has 0 radical (unpaired) electrons. The van der Waals surface area contributed by atoms with Gasteiger partial charge in [0.05, 0.1) is 4.88 Å². The number of nitrogens with zero attached hydrogens (tertiary/aromatic N) is 3. The molecule has 3 rings (SSSR count). The molecule has 0 aliphatic carbocycles. The Hall–Kier alpha value is -1.43. The third-order valence-electron chi connectivity index (χ3n) is 5.12. The van der Waals surface area contributed by atoms with Gasteiger partial charge >= 0.3 is 0 Å². The first-order valence-corrected chi connectivity index (χ1v) is 10.3. The molecule has 0 N–H and O–H groups in total. The van der Waals surface area contributed by atoms with Crippen LogP contribution in [0.4, 0.5) is 0 Å². The second-order valence-corrected chi connectivity index (χ2v) is 9.63. The SMILES string of the molecule is CN(C)CCN1CCN(C(=O)c2cc3cc(C(C)(C)C)ccc3s2)CC1. The number of hydrogen-bond donors (Lipinski definition) is 0. The molecule has 2 aromatic rings. The van der Waals surface area contributed by atoms with Gasteiger partial charge < -0.3 is 9.80 Å². The number of benzene rings is 1.